The molecule has 0 atom stereocenters. The normalized spacial score (nSPS) is 9.50. The predicted octanol–water partition coefficient (Wildman–Crippen LogP) is 3.35. The first-order valence-electron chi connectivity index (χ1n) is 3.79. The maximum Gasteiger partial charge on any atom is 0.0519 e. The summed E-state index contributed by atoms with van der Waals surface area (Å²) in [5.74, 6) is 0. The minimum absolute atomic E-state index is 0.969. The van der Waals surface area contributed by atoms with Crippen LogP contribution in [0.1, 0.15) is 6.92 Å². The van der Waals surface area contributed by atoms with Crippen molar-refractivity contribution < 1.29 is 0 Å². The Bertz CT molecular complexity index is 281. The van der Waals surface area contributed by atoms with Gasteiger partial charge in [-0.3, -0.25) is 0 Å². The van der Waals surface area contributed by atoms with Gasteiger partial charge in [-0.15, -0.1) is 11.8 Å². The molecule has 1 aromatic rings. The highest BCUT2D eigenvalue weighted by Gasteiger charge is 1.97. The van der Waals surface area contributed by atoms with Crippen molar-refractivity contribution >= 4 is 17.4 Å². The Morgan fingerprint density at radius 3 is 2.67 bits per heavy atom. The Labute approximate surface area is 77.9 Å². The van der Waals surface area contributed by atoms with Crippen LogP contribution in [0, 0.1) is 0 Å². The second-order valence-corrected chi connectivity index (χ2v) is 3.45. The molecule has 1 aromatic carbocycles. The Kier molecular flexibility index (Phi) is 3.23. The SMILES string of the molecule is C=C(C)Nc1ccccc1SC. The molecule has 0 radical (unpaired) electrons. The Balaban J connectivity index is 2.89. The largest absolute Gasteiger partial charge is 0.359 e. The lowest BCUT2D eigenvalue weighted by Crippen LogP contribution is -1.94. The summed E-state index contributed by atoms with van der Waals surface area (Å²) in [6.45, 7) is 5.76. The van der Waals surface area contributed by atoms with Crippen LogP contribution in [0.15, 0.2) is 41.4 Å². The van der Waals surface area contributed by atoms with E-state index in [0.717, 1.165) is 11.4 Å². The second-order valence-electron chi connectivity index (χ2n) is 2.61. The molecule has 0 fully saturated rings. The summed E-state index contributed by atoms with van der Waals surface area (Å²) in [4.78, 5) is 1.25. The van der Waals surface area contributed by atoms with E-state index in [4.69, 9.17) is 0 Å². The van der Waals surface area contributed by atoms with Gasteiger partial charge in [-0.1, -0.05) is 18.7 Å². The molecule has 0 bridgehead atoms. The summed E-state index contributed by atoms with van der Waals surface area (Å²) >= 11 is 1.73. The van der Waals surface area contributed by atoms with Crippen LogP contribution in [0.5, 0.6) is 0 Å². The van der Waals surface area contributed by atoms with E-state index in [2.05, 4.69) is 30.3 Å². The molecule has 0 saturated heterocycles. The second kappa shape index (κ2) is 4.21. The van der Waals surface area contributed by atoms with Crippen molar-refractivity contribution in [3.05, 3.63) is 36.5 Å². The molecule has 0 aromatic heterocycles. The number of anilines is 1. The van der Waals surface area contributed by atoms with E-state index in [-0.39, 0.29) is 0 Å². The molecule has 0 unspecified atom stereocenters. The van der Waals surface area contributed by atoms with Crippen LogP contribution in [0.4, 0.5) is 5.69 Å². The van der Waals surface area contributed by atoms with Gasteiger partial charge in [0.25, 0.3) is 0 Å². The smallest absolute Gasteiger partial charge is 0.0519 e. The van der Waals surface area contributed by atoms with Crippen LogP contribution in [-0.2, 0) is 0 Å². The minimum Gasteiger partial charge on any atom is -0.359 e. The molecule has 0 heterocycles. The summed E-state index contributed by atoms with van der Waals surface area (Å²) in [6.07, 6.45) is 2.07. The summed E-state index contributed by atoms with van der Waals surface area (Å²) in [5, 5.41) is 3.21. The van der Waals surface area contributed by atoms with E-state index in [1.165, 1.54) is 4.90 Å². The third kappa shape index (κ3) is 2.31. The fraction of sp³-hybridized carbons (Fsp3) is 0.200. The van der Waals surface area contributed by atoms with Crippen molar-refractivity contribution in [2.75, 3.05) is 11.6 Å². The summed E-state index contributed by atoms with van der Waals surface area (Å²) in [6, 6.07) is 8.21. The highest BCUT2D eigenvalue weighted by Crippen LogP contribution is 2.25. The van der Waals surface area contributed by atoms with E-state index in [1.807, 2.05) is 19.1 Å². The lowest BCUT2D eigenvalue weighted by atomic mass is 10.3. The number of thioether (sulfide) groups is 1. The third-order valence-corrected chi connectivity index (χ3v) is 2.25. The van der Waals surface area contributed by atoms with Crippen molar-refractivity contribution in [1.29, 1.82) is 0 Å². The minimum atomic E-state index is 0.969. The lowest BCUT2D eigenvalue weighted by Gasteiger charge is -2.08. The first kappa shape index (κ1) is 9.20. The fourth-order valence-corrected chi connectivity index (χ4v) is 1.53. The van der Waals surface area contributed by atoms with Gasteiger partial charge in [-0.2, -0.15) is 0 Å². The molecule has 1 nitrogen and oxygen atoms in total. The van der Waals surface area contributed by atoms with Gasteiger partial charge in [0, 0.05) is 10.6 Å². The zero-order valence-corrected chi connectivity index (χ0v) is 8.24. The van der Waals surface area contributed by atoms with Crippen LogP contribution in [0.2, 0.25) is 0 Å². The van der Waals surface area contributed by atoms with Crippen LogP contribution in [0.3, 0.4) is 0 Å². The molecular formula is C10H13NS. The van der Waals surface area contributed by atoms with Gasteiger partial charge < -0.3 is 5.32 Å². The topological polar surface area (TPSA) is 12.0 Å². The number of hydrogen-bond donors (Lipinski definition) is 1. The average molecular weight is 179 g/mol. The van der Waals surface area contributed by atoms with Crippen molar-refractivity contribution in [2.45, 2.75) is 11.8 Å². The number of rotatable bonds is 3. The maximum absolute atomic E-state index is 3.81. The van der Waals surface area contributed by atoms with Gasteiger partial charge >= 0.3 is 0 Å². The zero-order valence-electron chi connectivity index (χ0n) is 7.42. The molecule has 1 N–H and O–H groups in total. The molecule has 64 valence electrons. The average Bonchev–Trinajstić information content (AvgIpc) is 2.04. The van der Waals surface area contributed by atoms with Gasteiger partial charge in [0.2, 0.25) is 0 Å². The Hall–Kier alpha value is -0.890. The molecule has 0 amide bonds. The van der Waals surface area contributed by atoms with Crippen LogP contribution in [0.25, 0.3) is 0 Å². The lowest BCUT2D eigenvalue weighted by molar-refractivity contribution is 1.34. The van der Waals surface area contributed by atoms with Gasteiger partial charge in [0.15, 0.2) is 0 Å². The number of allylic oxidation sites excluding steroid dienone is 1. The number of benzene rings is 1. The van der Waals surface area contributed by atoms with Crippen molar-refractivity contribution in [3.63, 3.8) is 0 Å². The number of nitrogens with one attached hydrogen (secondary N) is 1. The Morgan fingerprint density at radius 2 is 2.08 bits per heavy atom. The predicted molar refractivity (Wildman–Crippen MR) is 56.7 cm³/mol. The molecule has 0 aliphatic carbocycles. The first-order valence-corrected chi connectivity index (χ1v) is 5.02. The molecular weight excluding hydrogens is 166 g/mol. The molecule has 0 spiro atoms. The van der Waals surface area contributed by atoms with E-state index >= 15 is 0 Å². The highest BCUT2D eigenvalue weighted by molar-refractivity contribution is 7.98. The van der Waals surface area contributed by atoms with Gasteiger partial charge in [-0.05, 0) is 25.3 Å². The molecule has 2 heteroatoms. The first-order chi connectivity index (χ1) is 5.74. The van der Waals surface area contributed by atoms with Gasteiger partial charge in [0.1, 0.15) is 0 Å². The Morgan fingerprint density at radius 1 is 1.42 bits per heavy atom. The summed E-state index contributed by atoms with van der Waals surface area (Å²) in [5.41, 5.74) is 2.11. The summed E-state index contributed by atoms with van der Waals surface area (Å²) < 4.78 is 0. The van der Waals surface area contributed by atoms with Crippen LogP contribution < -0.4 is 5.32 Å². The van der Waals surface area contributed by atoms with E-state index in [9.17, 15) is 0 Å². The monoisotopic (exact) mass is 179 g/mol. The van der Waals surface area contributed by atoms with E-state index < -0.39 is 0 Å². The summed E-state index contributed by atoms with van der Waals surface area (Å²) in [7, 11) is 0. The molecule has 12 heavy (non-hydrogen) atoms. The van der Waals surface area contributed by atoms with Crippen molar-refractivity contribution in [2.24, 2.45) is 0 Å². The molecule has 0 aliphatic heterocycles. The standard InChI is InChI=1S/C10H13NS/c1-8(2)11-9-6-4-5-7-10(9)12-3/h4-7,11H,1H2,2-3H3. The molecule has 0 aliphatic rings. The number of hydrogen-bond acceptors (Lipinski definition) is 2. The number of para-hydroxylation sites is 1. The quantitative estimate of drug-likeness (QED) is 0.714. The van der Waals surface area contributed by atoms with E-state index in [1.54, 1.807) is 11.8 Å². The third-order valence-electron chi connectivity index (χ3n) is 1.46. The van der Waals surface area contributed by atoms with Crippen LogP contribution >= 0.6 is 11.8 Å². The highest BCUT2D eigenvalue weighted by atomic mass is 32.2. The van der Waals surface area contributed by atoms with Gasteiger partial charge in [0.05, 0.1) is 5.69 Å². The van der Waals surface area contributed by atoms with Crippen LogP contribution in [-0.4, -0.2) is 6.26 Å². The maximum atomic E-state index is 3.81. The molecule has 1 rings (SSSR count). The van der Waals surface area contributed by atoms with Crippen molar-refractivity contribution in [1.82, 2.24) is 0 Å². The van der Waals surface area contributed by atoms with Crippen molar-refractivity contribution in [3.8, 4) is 0 Å². The fourth-order valence-electron chi connectivity index (χ4n) is 0.978. The molecule has 0 saturated carbocycles. The van der Waals surface area contributed by atoms with Gasteiger partial charge in [-0.25, -0.2) is 0 Å². The zero-order chi connectivity index (χ0) is 8.97. The van der Waals surface area contributed by atoms with E-state index in [0.29, 0.717) is 0 Å².